The van der Waals surface area contributed by atoms with Crippen LogP contribution in [0, 0.1) is 5.92 Å². The molecule has 0 saturated carbocycles. The van der Waals surface area contributed by atoms with Crippen molar-refractivity contribution in [3.05, 3.63) is 34.9 Å². The second-order valence-electron chi connectivity index (χ2n) is 5.80. The summed E-state index contributed by atoms with van der Waals surface area (Å²) in [6, 6.07) is 7.90. The Hall–Kier alpha value is -0.910. The summed E-state index contributed by atoms with van der Waals surface area (Å²) < 4.78 is 16.8. The molecule has 1 aliphatic rings. The molecule has 1 heterocycles. The Labute approximate surface area is 139 Å². The molecule has 1 saturated heterocycles. The fourth-order valence-electron chi connectivity index (χ4n) is 3.02. The highest BCUT2D eigenvalue weighted by molar-refractivity contribution is 7.85. The van der Waals surface area contributed by atoms with Crippen molar-refractivity contribution in [2.24, 2.45) is 5.92 Å². The van der Waals surface area contributed by atoms with Crippen LogP contribution in [-0.4, -0.2) is 53.8 Å². The molecule has 0 radical (unpaired) electrons. The van der Waals surface area contributed by atoms with E-state index in [9.17, 15) is 9.00 Å². The number of piperidine rings is 1. The first-order chi connectivity index (χ1) is 10.5. The van der Waals surface area contributed by atoms with Gasteiger partial charge in [-0.25, -0.2) is 0 Å². The van der Waals surface area contributed by atoms with Crippen molar-refractivity contribution in [3.8, 4) is 0 Å². The summed E-state index contributed by atoms with van der Waals surface area (Å²) in [6.45, 7) is 1.91. The molecule has 1 aromatic carbocycles. The summed E-state index contributed by atoms with van der Waals surface area (Å²) in [7, 11) is 2.21. The lowest BCUT2D eigenvalue weighted by Gasteiger charge is -2.37. The summed E-state index contributed by atoms with van der Waals surface area (Å²) in [5.41, 5.74) is 1.23. The zero-order valence-corrected chi connectivity index (χ0v) is 14.5. The number of hydrogen-bond donors (Lipinski definition) is 0. The summed E-state index contributed by atoms with van der Waals surface area (Å²) in [6.07, 6.45) is 1.03. The van der Waals surface area contributed by atoms with E-state index in [0.29, 0.717) is 11.7 Å². The van der Waals surface area contributed by atoms with E-state index in [0.717, 1.165) is 24.5 Å². The van der Waals surface area contributed by atoms with E-state index in [1.54, 1.807) is 0 Å². The minimum atomic E-state index is -1.19. The maximum atomic E-state index is 12.2. The maximum absolute atomic E-state index is 12.2. The molecule has 1 fully saturated rings. The molecule has 0 aliphatic carbocycles. The summed E-state index contributed by atoms with van der Waals surface area (Å²) >= 11 is 5.96. The molecule has 6 heteroatoms. The fourth-order valence-corrected chi connectivity index (χ4v) is 4.46. The van der Waals surface area contributed by atoms with Crippen LogP contribution in [0.15, 0.2) is 24.3 Å². The third kappa shape index (κ3) is 4.80. The second-order valence-corrected chi connectivity index (χ2v) is 7.73. The number of nitrogens with zero attached hydrogens (tertiary/aromatic N) is 1. The number of benzene rings is 1. The third-order valence-corrected chi connectivity index (χ3v) is 5.75. The van der Waals surface area contributed by atoms with Crippen molar-refractivity contribution < 1.29 is 13.7 Å². The van der Waals surface area contributed by atoms with Crippen molar-refractivity contribution in [1.29, 1.82) is 0 Å². The Kier molecular flexibility index (Phi) is 6.41. The molecule has 22 heavy (non-hydrogen) atoms. The quantitative estimate of drug-likeness (QED) is 0.770. The Balaban J connectivity index is 2.08. The van der Waals surface area contributed by atoms with Crippen LogP contribution in [0.25, 0.3) is 0 Å². The first kappa shape index (κ1) is 17.4. The molecule has 3 atom stereocenters. The Morgan fingerprint density at radius 2 is 2.09 bits per heavy atom. The zero-order chi connectivity index (χ0) is 16.1. The normalized spacial score (nSPS) is 24.0. The van der Waals surface area contributed by atoms with E-state index >= 15 is 0 Å². The van der Waals surface area contributed by atoms with Crippen molar-refractivity contribution in [1.82, 2.24) is 4.90 Å². The van der Waals surface area contributed by atoms with Crippen LogP contribution in [0.3, 0.4) is 0 Å². The Morgan fingerprint density at radius 1 is 1.41 bits per heavy atom. The number of ether oxygens (including phenoxy) is 1. The highest BCUT2D eigenvalue weighted by Crippen LogP contribution is 2.33. The molecule has 1 aromatic rings. The van der Waals surface area contributed by atoms with Crippen LogP contribution < -0.4 is 0 Å². The lowest BCUT2D eigenvalue weighted by Crippen LogP contribution is -2.40. The van der Waals surface area contributed by atoms with Crippen molar-refractivity contribution >= 4 is 28.4 Å². The first-order valence-corrected chi connectivity index (χ1v) is 9.22. The van der Waals surface area contributed by atoms with Gasteiger partial charge in [-0.3, -0.25) is 9.00 Å². The number of likely N-dealkylation sites (tertiary alicyclic amines) is 1. The molecule has 122 valence electrons. The van der Waals surface area contributed by atoms with E-state index in [1.165, 1.54) is 12.7 Å². The third-order valence-electron chi connectivity index (χ3n) is 4.14. The van der Waals surface area contributed by atoms with Gasteiger partial charge < -0.3 is 9.64 Å². The number of carbonyl (C=O) groups excluding carboxylic acids is 1. The van der Waals surface area contributed by atoms with E-state index in [-0.39, 0.29) is 11.7 Å². The number of carbonyl (C=O) groups is 1. The van der Waals surface area contributed by atoms with Gasteiger partial charge in [-0.2, -0.15) is 0 Å². The van der Waals surface area contributed by atoms with Gasteiger partial charge in [0.05, 0.1) is 7.11 Å². The molecule has 0 amide bonds. The van der Waals surface area contributed by atoms with Crippen LogP contribution >= 0.6 is 11.6 Å². The fraction of sp³-hybridized carbons (Fsp3) is 0.562. The zero-order valence-electron chi connectivity index (χ0n) is 13.0. The molecule has 0 bridgehead atoms. The standard InChI is InChI=1S/C16H22ClNO3S/c1-18-8-7-15(12-3-5-14(17)6-4-12)13(9-18)10-22(20)11-16(19)21-2/h3-6,13,15H,7-11H2,1-2H3/t13-,15-,22?/m1/s1. The smallest absolute Gasteiger partial charge is 0.318 e. The average Bonchev–Trinajstić information content (AvgIpc) is 2.48. The summed E-state index contributed by atoms with van der Waals surface area (Å²) in [5.74, 6) is 0.711. The Bertz CT molecular complexity index is 535. The largest absolute Gasteiger partial charge is 0.468 e. The number of rotatable bonds is 5. The predicted molar refractivity (Wildman–Crippen MR) is 89.7 cm³/mol. The molecule has 0 N–H and O–H groups in total. The number of methoxy groups -OCH3 is 1. The van der Waals surface area contributed by atoms with Crippen molar-refractivity contribution in [3.63, 3.8) is 0 Å². The number of esters is 1. The van der Waals surface area contributed by atoms with E-state index in [2.05, 4.69) is 28.8 Å². The highest BCUT2D eigenvalue weighted by atomic mass is 35.5. The van der Waals surface area contributed by atoms with Gasteiger partial charge in [-0.1, -0.05) is 23.7 Å². The van der Waals surface area contributed by atoms with Crippen LogP contribution in [0.4, 0.5) is 0 Å². The molecule has 0 aromatic heterocycles. The number of hydrogen-bond acceptors (Lipinski definition) is 4. The minimum absolute atomic E-state index is 0.0238. The molecule has 0 spiro atoms. The van der Waals surface area contributed by atoms with Crippen LogP contribution in [-0.2, 0) is 20.3 Å². The Morgan fingerprint density at radius 3 is 2.73 bits per heavy atom. The van der Waals surface area contributed by atoms with Gasteiger partial charge in [0, 0.05) is 28.1 Å². The van der Waals surface area contributed by atoms with Crippen LogP contribution in [0.5, 0.6) is 0 Å². The molecule has 2 rings (SSSR count). The van der Waals surface area contributed by atoms with E-state index < -0.39 is 16.8 Å². The summed E-state index contributed by atoms with van der Waals surface area (Å²) in [4.78, 5) is 13.5. The highest BCUT2D eigenvalue weighted by Gasteiger charge is 2.30. The van der Waals surface area contributed by atoms with Gasteiger partial charge in [-0.15, -0.1) is 0 Å². The lowest BCUT2D eigenvalue weighted by atomic mass is 9.81. The van der Waals surface area contributed by atoms with Gasteiger partial charge in [-0.05, 0) is 49.5 Å². The first-order valence-electron chi connectivity index (χ1n) is 7.35. The van der Waals surface area contributed by atoms with E-state index in [1.807, 2.05) is 12.1 Å². The molecular formula is C16H22ClNO3S. The minimum Gasteiger partial charge on any atom is -0.468 e. The molecular weight excluding hydrogens is 322 g/mol. The van der Waals surface area contributed by atoms with E-state index in [4.69, 9.17) is 11.6 Å². The topological polar surface area (TPSA) is 46.6 Å². The van der Waals surface area contributed by atoms with Crippen LogP contribution in [0.2, 0.25) is 5.02 Å². The monoisotopic (exact) mass is 343 g/mol. The molecule has 4 nitrogen and oxygen atoms in total. The van der Waals surface area contributed by atoms with Gasteiger partial charge >= 0.3 is 5.97 Å². The predicted octanol–water partition coefficient (Wildman–Crippen LogP) is 2.30. The second kappa shape index (κ2) is 8.09. The van der Waals surface area contributed by atoms with Gasteiger partial charge in [0.2, 0.25) is 0 Å². The van der Waals surface area contributed by atoms with Crippen LogP contribution in [0.1, 0.15) is 17.9 Å². The maximum Gasteiger partial charge on any atom is 0.318 e. The van der Waals surface area contributed by atoms with Crippen molar-refractivity contribution in [2.75, 3.05) is 38.8 Å². The van der Waals surface area contributed by atoms with Gasteiger partial charge in [0.1, 0.15) is 5.75 Å². The molecule has 1 unspecified atom stereocenters. The average molecular weight is 344 g/mol. The number of halogens is 1. The lowest BCUT2D eigenvalue weighted by molar-refractivity contribution is -0.137. The van der Waals surface area contributed by atoms with Gasteiger partial charge in [0.25, 0.3) is 0 Å². The summed E-state index contributed by atoms with van der Waals surface area (Å²) in [5, 5.41) is 0.725. The SMILES string of the molecule is COC(=O)CS(=O)C[C@H]1CN(C)CC[C@@H]1c1ccc(Cl)cc1. The van der Waals surface area contributed by atoms with Gasteiger partial charge in [0.15, 0.2) is 0 Å². The van der Waals surface area contributed by atoms with Crippen molar-refractivity contribution in [2.45, 2.75) is 12.3 Å². The molecule has 1 aliphatic heterocycles.